The Kier molecular flexibility index (Phi) is 6.69. The molecule has 118 valence electrons. The van der Waals surface area contributed by atoms with E-state index in [-0.39, 0.29) is 5.97 Å². The van der Waals surface area contributed by atoms with Gasteiger partial charge in [-0.25, -0.2) is 4.79 Å². The quantitative estimate of drug-likeness (QED) is 0.748. The van der Waals surface area contributed by atoms with Crippen molar-refractivity contribution < 1.29 is 9.53 Å². The van der Waals surface area contributed by atoms with Crippen LogP contribution < -0.4 is 10.2 Å². The molecule has 0 saturated carbocycles. The zero-order chi connectivity index (χ0) is 15.9. The lowest BCUT2D eigenvalue weighted by Gasteiger charge is -2.35. The third-order valence-electron chi connectivity index (χ3n) is 3.66. The molecule has 21 heavy (non-hydrogen) atoms. The smallest absolute Gasteiger partial charge is 0.327 e. The molecular formula is C17H28N2O2. The van der Waals surface area contributed by atoms with Gasteiger partial charge in [-0.2, -0.15) is 0 Å². The second-order valence-corrected chi connectivity index (χ2v) is 5.60. The van der Waals surface area contributed by atoms with E-state index in [1.165, 1.54) is 12.7 Å². The van der Waals surface area contributed by atoms with Crippen molar-refractivity contribution in [1.29, 1.82) is 0 Å². The van der Waals surface area contributed by atoms with Crippen LogP contribution in [0.2, 0.25) is 0 Å². The number of anilines is 1. The fraction of sp³-hybridized carbons (Fsp3) is 0.588. The summed E-state index contributed by atoms with van der Waals surface area (Å²) in [4.78, 5) is 14.4. The van der Waals surface area contributed by atoms with Gasteiger partial charge in [0.15, 0.2) is 0 Å². The average molecular weight is 292 g/mol. The number of ether oxygens (including phenoxy) is 1. The Hall–Kier alpha value is -1.55. The standard InChI is InChI=1S/C17H28N2O2/c1-6-11-18-17(4,16(20)21-5)13-19(7-2)15-10-8-9-14(3)12-15/h8-10,12,18H,6-7,11,13H2,1-5H3. The van der Waals surface area contributed by atoms with Gasteiger partial charge in [0, 0.05) is 18.8 Å². The van der Waals surface area contributed by atoms with E-state index >= 15 is 0 Å². The lowest BCUT2D eigenvalue weighted by molar-refractivity contribution is -0.147. The molecule has 1 atom stereocenters. The highest BCUT2D eigenvalue weighted by atomic mass is 16.5. The number of methoxy groups -OCH3 is 1. The molecule has 0 fully saturated rings. The topological polar surface area (TPSA) is 41.6 Å². The third-order valence-corrected chi connectivity index (χ3v) is 3.66. The summed E-state index contributed by atoms with van der Waals surface area (Å²) in [5.74, 6) is -0.220. The number of carbonyl (C=O) groups excluding carboxylic acids is 1. The van der Waals surface area contributed by atoms with E-state index in [0.29, 0.717) is 6.54 Å². The Morgan fingerprint density at radius 2 is 2.10 bits per heavy atom. The average Bonchev–Trinajstić information content (AvgIpc) is 2.49. The highest BCUT2D eigenvalue weighted by Crippen LogP contribution is 2.19. The summed E-state index contributed by atoms with van der Waals surface area (Å²) in [6.45, 7) is 10.4. The van der Waals surface area contributed by atoms with Crippen molar-refractivity contribution in [3.05, 3.63) is 29.8 Å². The van der Waals surface area contributed by atoms with Crippen LogP contribution in [0, 0.1) is 6.92 Å². The van der Waals surface area contributed by atoms with Gasteiger partial charge in [0.2, 0.25) is 0 Å². The number of hydrogen-bond acceptors (Lipinski definition) is 4. The molecule has 1 aromatic rings. The molecule has 1 rings (SSSR count). The summed E-state index contributed by atoms with van der Waals surface area (Å²) in [5, 5.41) is 3.33. The first-order valence-corrected chi connectivity index (χ1v) is 7.62. The lowest BCUT2D eigenvalue weighted by Crippen LogP contribution is -2.57. The summed E-state index contributed by atoms with van der Waals surface area (Å²) >= 11 is 0. The van der Waals surface area contributed by atoms with Gasteiger partial charge in [0.05, 0.1) is 7.11 Å². The number of carbonyl (C=O) groups is 1. The van der Waals surface area contributed by atoms with Crippen LogP contribution in [0.1, 0.15) is 32.8 Å². The van der Waals surface area contributed by atoms with Crippen LogP contribution in [-0.2, 0) is 9.53 Å². The number of hydrogen-bond donors (Lipinski definition) is 1. The first-order valence-electron chi connectivity index (χ1n) is 7.62. The number of nitrogens with one attached hydrogen (secondary N) is 1. The third kappa shape index (κ3) is 4.74. The van der Waals surface area contributed by atoms with Crippen molar-refractivity contribution in [2.75, 3.05) is 31.6 Å². The largest absolute Gasteiger partial charge is 0.468 e. The molecule has 0 aliphatic rings. The molecule has 4 nitrogen and oxygen atoms in total. The van der Waals surface area contributed by atoms with Gasteiger partial charge in [-0.05, 0) is 51.4 Å². The molecular weight excluding hydrogens is 264 g/mol. The summed E-state index contributed by atoms with van der Waals surface area (Å²) in [6.07, 6.45) is 0.975. The molecule has 0 spiro atoms. The highest BCUT2D eigenvalue weighted by Gasteiger charge is 2.35. The van der Waals surface area contributed by atoms with Crippen LogP contribution in [-0.4, -0.2) is 38.3 Å². The van der Waals surface area contributed by atoms with Crippen LogP contribution in [0.3, 0.4) is 0 Å². The normalized spacial score (nSPS) is 13.6. The minimum atomic E-state index is -0.704. The van der Waals surface area contributed by atoms with Crippen molar-refractivity contribution in [1.82, 2.24) is 5.32 Å². The summed E-state index contributed by atoms with van der Waals surface area (Å²) in [5.41, 5.74) is 1.64. The molecule has 0 amide bonds. The summed E-state index contributed by atoms with van der Waals surface area (Å²) in [6, 6.07) is 8.34. The van der Waals surface area contributed by atoms with E-state index in [0.717, 1.165) is 25.2 Å². The minimum Gasteiger partial charge on any atom is -0.468 e. The predicted octanol–water partition coefficient (Wildman–Crippen LogP) is 2.75. The van der Waals surface area contributed by atoms with E-state index < -0.39 is 5.54 Å². The summed E-state index contributed by atoms with van der Waals surface area (Å²) in [7, 11) is 1.44. The fourth-order valence-corrected chi connectivity index (χ4v) is 2.41. The van der Waals surface area contributed by atoms with Gasteiger partial charge in [-0.3, -0.25) is 0 Å². The molecule has 4 heteroatoms. The predicted molar refractivity (Wildman–Crippen MR) is 87.8 cm³/mol. The van der Waals surface area contributed by atoms with E-state index in [4.69, 9.17) is 4.74 Å². The number of rotatable bonds is 8. The molecule has 0 aromatic heterocycles. The number of aryl methyl sites for hydroxylation is 1. The van der Waals surface area contributed by atoms with E-state index in [1.54, 1.807) is 0 Å². The maximum absolute atomic E-state index is 12.2. The SMILES string of the molecule is CCCNC(C)(CN(CC)c1cccc(C)c1)C(=O)OC. The molecule has 1 aromatic carbocycles. The van der Waals surface area contributed by atoms with Crippen LogP contribution in [0.15, 0.2) is 24.3 Å². The first kappa shape index (κ1) is 17.5. The molecule has 1 N–H and O–H groups in total. The monoisotopic (exact) mass is 292 g/mol. The number of benzene rings is 1. The van der Waals surface area contributed by atoms with Crippen LogP contribution in [0.5, 0.6) is 0 Å². The molecule has 0 bridgehead atoms. The van der Waals surface area contributed by atoms with Crippen molar-refractivity contribution in [3.63, 3.8) is 0 Å². The zero-order valence-electron chi connectivity index (χ0n) is 13.9. The van der Waals surface area contributed by atoms with Crippen LogP contribution >= 0.6 is 0 Å². The Morgan fingerprint density at radius 1 is 1.38 bits per heavy atom. The maximum Gasteiger partial charge on any atom is 0.327 e. The van der Waals surface area contributed by atoms with Crippen molar-refractivity contribution in [3.8, 4) is 0 Å². The molecule has 0 heterocycles. The number of likely N-dealkylation sites (N-methyl/N-ethyl adjacent to an activating group) is 1. The first-order chi connectivity index (χ1) is 9.96. The molecule has 0 radical (unpaired) electrons. The number of esters is 1. The van der Waals surface area contributed by atoms with Crippen molar-refractivity contribution in [2.24, 2.45) is 0 Å². The van der Waals surface area contributed by atoms with Crippen LogP contribution in [0.4, 0.5) is 5.69 Å². The number of nitrogens with zero attached hydrogens (tertiary/aromatic N) is 1. The Bertz CT molecular complexity index is 462. The Labute approximate surface area is 128 Å². The van der Waals surface area contributed by atoms with Gasteiger partial charge < -0.3 is 15.0 Å². The molecule has 1 unspecified atom stereocenters. The zero-order valence-corrected chi connectivity index (χ0v) is 13.9. The Morgan fingerprint density at radius 3 is 2.62 bits per heavy atom. The van der Waals surface area contributed by atoms with Crippen molar-refractivity contribution in [2.45, 2.75) is 39.7 Å². The summed E-state index contributed by atoms with van der Waals surface area (Å²) < 4.78 is 4.99. The van der Waals surface area contributed by atoms with Gasteiger partial charge in [0.1, 0.15) is 5.54 Å². The van der Waals surface area contributed by atoms with E-state index in [9.17, 15) is 4.79 Å². The van der Waals surface area contributed by atoms with Crippen molar-refractivity contribution >= 4 is 11.7 Å². The second-order valence-electron chi connectivity index (χ2n) is 5.60. The van der Waals surface area contributed by atoms with E-state index in [1.807, 2.05) is 13.0 Å². The van der Waals surface area contributed by atoms with E-state index in [2.05, 4.69) is 49.2 Å². The maximum atomic E-state index is 12.2. The van der Waals surface area contributed by atoms with Gasteiger partial charge in [-0.1, -0.05) is 19.1 Å². The minimum absolute atomic E-state index is 0.220. The molecule has 0 saturated heterocycles. The Balaban J connectivity index is 2.96. The van der Waals surface area contributed by atoms with Gasteiger partial charge in [0.25, 0.3) is 0 Å². The molecule has 0 aliphatic heterocycles. The molecule has 0 aliphatic carbocycles. The lowest BCUT2D eigenvalue weighted by atomic mass is 10.0. The van der Waals surface area contributed by atoms with Gasteiger partial charge >= 0.3 is 5.97 Å². The second kappa shape index (κ2) is 8.03. The van der Waals surface area contributed by atoms with Gasteiger partial charge in [-0.15, -0.1) is 0 Å². The fourth-order valence-electron chi connectivity index (χ4n) is 2.41. The van der Waals surface area contributed by atoms with Crippen LogP contribution in [0.25, 0.3) is 0 Å². The highest BCUT2D eigenvalue weighted by molar-refractivity contribution is 5.81.